The van der Waals surface area contributed by atoms with Gasteiger partial charge in [-0.1, -0.05) is 19.3 Å². The second-order valence-corrected chi connectivity index (χ2v) is 3.84. The SMILES string of the molecule is CCCC(C#CC(N)=O)OC1CCCCO1. The summed E-state index contributed by atoms with van der Waals surface area (Å²) in [6.45, 7) is 2.79. The Morgan fingerprint density at radius 3 is 3.00 bits per heavy atom. The Kier molecular flexibility index (Phi) is 5.91. The predicted molar refractivity (Wildman–Crippen MR) is 60.3 cm³/mol. The van der Waals surface area contributed by atoms with E-state index < -0.39 is 5.91 Å². The smallest absolute Gasteiger partial charge is 0.293 e. The third-order valence-electron chi connectivity index (χ3n) is 2.36. The van der Waals surface area contributed by atoms with E-state index in [4.69, 9.17) is 15.2 Å². The first-order chi connectivity index (χ1) is 7.72. The van der Waals surface area contributed by atoms with Gasteiger partial charge in [0.1, 0.15) is 6.10 Å². The van der Waals surface area contributed by atoms with Crippen LogP contribution >= 0.6 is 0 Å². The number of primary amides is 1. The van der Waals surface area contributed by atoms with E-state index in [9.17, 15) is 4.79 Å². The number of nitrogens with two attached hydrogens (primary N) is 1. The summed E-state index contributed by atoms with van der Waals surface area (Å²) < 4.78 is 11.1. The average Bonchev–Trinajstić information content (AvgIpc) is 2.27. The van der Waals surface area contributed by atoms with Gasteiger partial charge in [0.15, 0.2) is 6.29 Å². The molecule has 0 aromatic carbocycles. The quantitative estimate of drug-likeness (QED) is 0.731. The molecule has 4 heteroatoms. The molecule has 2 atom stereocenters. The summed E-state index contributed by atoms with van der Waals surface area (Å²) in [7, 11) is 0. The molecule has 16 heavy (non-hydrogen) atoms. The lowest BCUT2D eigenvalue weighted by molar-refractivity contribution is -0.177. The number of hydrogen-bond donors (Lipinski definition) is 1. The number of amides is 1. The molecule has 0 aromatic rings. The molecule has 0 bridgehead atoms. The van der Waals surface area contributed by atoms with E-state index in [1.807, 2.05) is 6.92 Å². The highest BCUT2D eigenvalue weighted by Gasteiger charge is 2.18. The van der Waals surface area contributed by atoms with Crippen molar-refractivity contribution in [3.8, 4) is 11.8 Å². The van der Waals surface area contributed by atoms with Crippen molar-refractivity contribution >= 4 is 5.91 Å². The molecule has 0 aromatic heterocycles. The lowest BCUT2D eigenvalue weighted by Gasteiger charge is -2.25. The Hall–Kier alpha value is -1.05. The van der Waals surface area contributed by atoms with Gasteiger partial charge in [0, 0.05) is 6.61 Å². The van der Waals surface area contributed by atoms with Crippen LogP contribution in [0.5, 0.6) is 0 Å². The van der Waals surface area contributed by atoms with Gasteiger partial charge in [0.25, 0.3) is 5.91 Å². The van der Waals surface area contributed by atoms with Crippen molar-refractivity contribution in [1.82, 2.24) is 0 Å². The zero-order valence-electron chi connectivity index (χ0n) is 9.70. The Bertz CT molecular complexity index is 274. The predicted octanol–water partition coefficient (Wildman–Crippen LogP) is 1.19. The molecule has 1 heterocycles. The van der Waals surface area contributed by atoms with Gasteiger partial charge in [-0.25, -0.2) is 0 Å². The average molecular weight is 225 g/mol. The topological polar surface area (TPSA) is 61.6 Å². The Morgan fingerprint density at radius 2 is 2.44 bits per heavy atom. The van der Waals surface area contributed by atoms with Crippen molar-refractivity contribution in [2.75, 3.05) is 6.61 Å². The summed E-state index contributed by atoms with van der Waals surface area (Å²) in [6, 6.07) is 0. The van der Waals surface area contributed by atoms with E-state index in [2.05, 4.69) is 11.8 Å². The largest absolute Gasteiger partial charge is 0.359 e. The van der Waals surface area contributed by atoms with E-state index in [1.165, 1.54) is 0 Å². The second kappa shape index (κ2) is 7.26. The van der Waals surface area contributed by atoms with Gasteiger partial charge in [0.2, 0.25) is 0 Å². The fourth-order valence-electron chi connectivity index (χ4n) is 1.59. The summed E-state index contributed by atoms with van der Waals surface area (Å²) in [4.78, 5) is 10.6. The molecule has 1 rings (SSSR count). The number of carbonyl (C=O) groups is 1. The molecule has 1 saturated heterocycles. The first-order valence-electron chi connectivity index (χ1n) is 5.80. The number of rotatable bonds is 4. The molecule has 0 spiro atoms. The van der Waals surface area contributed by atoms with E-state index >= 15 is 0 Å². The van der Waals surface area contributed by atoms with Crippen molar-refractivity contribution < 1.29 is 14.3 Å². The number of hydrogen-bond acceptors (Lipinski definition) is 3. The Balaban J connectivity index is 2.43. The summed E-state index contributed by atoms with van der Waals surface area (Å²) in [5.41, 5.74) is 4.97. The fourth-order valence-corrected chi connectivity index (χ4v) is 1.59. The summed E-state index contributed by atoms with van der Waals surface area (Å²) in [6.07, 6.45) is 4.43. The maximum Gasteiger partial charge on any atom is 0.293 e. The normalized spacial score (nSPS) is 21.9. The molecule has 1 aliphatic rings. The molecule has 0 radical (unpaired) electrons. The van der Waals surface area contributed by atoms with Crippen LogP contribution in [0.2, 0.25) is 0 Å². The summed E-state index contributed by atoms with van der Waals surface area (Å²) >= 11 is 0. The van der Waals surface area contributed by atoms with Crippen molar-refractivity contribution in [1.29, 1.82) is 0 Å². The Morgan fingerprint density at radius 1 is 1.62 bits per heavy atom. The molecule has 90 valence electrons. The van der Waals surface area contributed by atoms with Crippen LogP contribution < -0.4 is 5.73 Å². The Labute approximate surface area is 96.5 Å². The number of carbonyl (C=O) groups excluding carboxylic acids is 1. The number of ether oxygens (including phenoxy) is 2. The van der Waals surface area contributed by atoms with E-state index in [0.717, 1.165) is 38.7 Å². The minimum atomic E-state index is -0.616. The van der Waals surface area contributed by atoms with E-state index in [0.29, 0.717) is 0 Å². The van der Waals surface area contributed by atoms with Crippen LogP contribution in [0, 0.1) is 11.8 Å². The fraction of sp³-hybridized carbons (Fsp3) is 0.750. The van der Waals surface area contributed by atoms with Crippen molar-refractivity contribution in [2.45, 2.75) is 51.4 Å². The lowest BCUT2D eigenvalue weighted by Crippen LogP contribution is -2.27. The van der Waals surface area contributed by atoms with Gasteiger partial charge in [-0.3, -0.25) is 4.79 Å². The highest BCUT2D eigenvalue weighted by molar-refractivity contribution is 5.91. The van der Waals surface area contributed by atoms with E-state index in [1.54, 1.807) is 0 Å². The maximum atomic E-state index is 10.6. The molecule has 0 saturated carbocycles. The molecule has 1 amide bonds. The summed E-state index contributed by atoms with van der Waals surface area (Å²) in [5, 5.41) is 0. The second-order valence-electron chi connectivity index (χ2n) is 3.84. The highest BCUT2D eigenvalue weighted by atomic mass is 16.7. The van der Waals surface area contributed by atoms with Gasteiger partial charge in [-0.2, -0.15) is 0 Å². The third kappa shape index (κ3) is 5.15. The first-order valence-corrected chi connectivity index (χ1v) is 5.80. The van der Waals surface area contributed by atoms with Crippen molar-refractivity contribution in [3.05, 3.63) is 0 Å². The van der Waals surface area contributed by atoms with Crippen LogP contribution in [0.3, 0.4) is 0 Å². The van der Waals surface area contributed by atoms with Crippen LogP contribution in [-0.2, 0) is 14.3 Å². The third-order valence-corrected chi connectivity index (χ3v) is 2.36. The zero-order valence-corrected chi connectivity index (χ0v) is 9.70. The first kappa shape index (κ1) is 13.0. The molecule has 2 unspecified atom stereocenters. The molecular weight excluding hydrogens is 206 g/mol. The minimum Gasteiger partial charge on any atom is -0.359 e. The van der Waals surface area contributed by atoms with Gasteiger partial charge in [-0.15, -0.1) is 0 Å². The zero-order chi connectivity index (χ0) is 11.8. The minimum absolute atomic E-state index is 0.174. The molecule has 4 nitrogen and oxygen atoms in total. The van der Waals surface area contributed by atoms with Crippen LogP contribution in [0.4, 0.5) is 0 Å². The van der Waals surface area contributed by atoms with Gasteiger partial charge < -0.3 is 15.2 Å². The van der Waals surface area contributed by atoms with Crippen LogP contribution in [0.15, 0.2) is 0 Å². The summed E-state index contributed by atoms with van der Waals surface area (Å²) in [5.74, 6) is 4.45. The van der Waals surface area contributed by atoms with Crippen LogP contribution in [0.1, 0.15) is 39.0 Å². The molecule has 1 aliphatic heterocycles. The maximum absolute atomic E-state index is 10.6. The van der Waals surface area contributed by atoms with Crippen molar-refractivity contribution in [2.24, 2.45) is 5.73 Å². The van der Waals surface area contributed by atoms with Crippen LogP contribution in [-0.4, -0.2) is 24.9 Å². The molecular formula is C12H19NO3. The van der Waals surface area contributed by atoms with Crippen molar-refractivity contribution in [3.63, 3.8) is 0 Å². The highest BCUT2D eigenvalue weighted by Crippen LogP contribution is 2.16. The molecule has 0 aliphatic carbocycles. The lowest BCUT2D eigenvalue weighted by atomic mass is 10.2. The monoisotopic (exact) mass is 225 g/mol. The van der Waals surface area contributed by atoms with Crippen LogP contribution in [0.25, 0.3) is 0 Å². The van der Waals surface area contributed by atoms with Gasteiger partial charge in [0.05, 0.1) is 0 Å². The van der Waals surface area contributed by atoms with E-state index in [-0.39, 0.29) is 12.4 Å². The molecule has 1 fully saturated rings. The molecule has 2 N–H and O–H groups in total. The van der Waals surface area contributed by atoms with Gasteiger partial charge in [-0.05, 0) is 31.6 Å². The standard InChI is InChI=1S/C12H19NO3/c1-2-5-10(7-8-11(13)14)16-12-6-3-4-9-15-12/h10,12H,2-6,9H2,1H3,(H2,13,14). The van der Waals surface area contributed by atoms with Gasteiger partial charge >= 0.3 is 0 Å².